The molecule has 0 aromatic heterocycles. The van der Waals surface area contributed by atoms with E-state index in [1.54, 1.807) is 42.5 Å². The Balaban J connectivity index is 1.92. The van der Waals surface area contributed by atoms with Crippen molar-refractivity contribution in [3.63, 3.8) is 0 Å². The number of amides is 1. The minimum atomic E-state index is -4.08. The number of anilines is 1. The molecule has 168 valence electrons. The molecule has 0 aliphatic rings. The Hall–Kier alpha value is -2.29. The molecule has 0 unspecified atom stereocenters. The van der Waals surface area contributed by atoms with E-state index in [9.17, 15) is 13.2 Å². The van der Waals surface area contributed by atoms with E-state index in [0.717, 1.165) is 4.31 Å². The zero-order chi connectivity index (χ0) is 23.3. The average Bonchev–Trinajstić information content (AvgIpc) is 2.76. The smallest absolute Gasteiger partial charge is 0.243 e. The second-order valence-corrected chi connectivity index (χ2v) is 9.90. The molecule has 0 radical (unpaired) electrons. The van der Waals surface area contributed by atoms with Crippen molar-refractivity contribution >= 4 is 56.4 Å². The molecule has 0 heterocycles. The summed E-state index contributed by atoms with van der Waals surface area (Å²) >= 11 is 18.4. The van der Waals surface area contributed by atoms with Crippen molar-refractivity contribution in [2.45, 2.75) is 11.4 Å². The fourth-order valence-electron chi connectivity index (χ4n) is 2.90. The van der Waals surface area contributed by atoms with Crippen molar-refractivity contribution in [3.8, 4) is 5.75 Å². The first-order valence-corrected chi connectivity index (χ1v) is 11.9. The van der Waals surface area contributed by atoms with Gasteiger partial charge >= 0.3 is 0 Å². The van der Waals surface area contributed by atoms with Crippen LogP contribution in [0.2, 0.25) is 15.1 Å². The summed E-state index contributed by atoms with van der Waals surface area (Å²) in [6, 6.07) is 17.3. The number of carbonyl (C=O) groups excluding carboxylic acids is 1. The van der Waals surface area contributed by atoms with E-state index < -0.39 is 22.5 Å². The van der Waals surface area contributed by atoms with Gasteiger partial charge in [-0.3, -0.25) is 4.79 Å². The van der Waals surface area contributed by atoms with Gasteiger partial charge in [0.05, 0.1) is 18.6 Å². The van der Waals surface area contributed by atoms with E-state index in [-0.39, 0.29) is 11.4 Å². The standard InChI is InChI=1S/C22H19Cl3N2O4S/c1-31-17-5-2-4-16(12-17)26-22(28)14-27(13-19-20(24)6-3-7-21(19)25)32(29,30)18-10-8-15(23)9-11-18/h2-12H,13-14H2,1H3,(H,26,28). The first-order chi connectivity index (χ1) is 15.2. The highest BCUT2D eigenvalue weighted by Gasteiger charge is 2.28. The van der Waals surface area contributed by atoms with E-state index in [1.165, 1.54) is 31.4 Å². The van der Waals surface area contributed by atoms with E-state index in [1.807, 2.05) is 0 Å². The molecule has 0 fully saturated rings. The molecule has 0 aliphatic heterocycles. The van der Waals surface area contributed by atoms with Crippen LogP contribution in [0.5, 0.6) is 5.75 Å². The number of benzene rings is 3. The van der Waals surface area contributed by atoms with Crippen LogP contribution >= 0.6 is 34.8 Å². The Kier molecular flexibility index (Phi) is 8.03. The van der Waals surface area contributed by atoms with Gasteiger partial charge in [0.25, 0.3) is 0 Å². The quantitative estimate of drug-likeness (QED) is 0.432. The molecule has 3 rings (SSSR count). The van der Waals surface area contributed by atoms with Gasteiger partial charge in [-0.05, 0) is 48.5 Å². The fourth-order valence-corrected chi connectivity index (χ4v) is 4.91. The maximum atomic E-state index is 13.4. The lowest BCUT2D eigenvalue weighted by Crippen LogP contribution is -2.37. The topological polar surface area (TPSA) is 75.7 Å². The van der Waals surface area contributed by atoms with Gasteiger partial charge in [0, 0.05) is 38.9 Å². The summed E-state index contributed by atoms with van der Waals surface area (Å²) in [7, 11) is -2.57. The second-order valence-electron chi connectivity index (χ2n) is 6.71. The predicted molar refractivity (Wildman–Crippen MR) is 127 cm³/mol. The molecule has 3 aromatic carbocycles. The van der Waals surface area contributed by atoms with Crippen LogP contribution < -0.4 is 10.1 Å². The number of hydrogen-bond acceptors (Lipinski definition) is 4. The van der Waals surface area contributed by atoms with Crippen molar-refractivity contribution in [2.24, 2.45) is 0 Å². The van der Waals surface area contributed by atoms with Crippen LogP contribution in [-0.4, -0.2) is 32.3 Å². The maximum Gasteiger partial charge on any atom is 0.243 e. The monoisotopic (exact) mass is 512 g/mol. The third-order valence-corrected chi connectivity index (χ3v) is 7.29. The van der Waals surface area contributed by atoms with Crippen LogP contribution in [-0.2, 0) is 21.4 Å². The highest BCUT2D eigenvalue weighted by atomic mass is 35.5. The van der Waals surface area contributed by atoms with Gasteiger partial charge in [-0.15, -0.1) is 0 Å². The lowest BCUT2D eigenvalue weighted by molar-refractivity contribution is -0.116. The number of nitrogens with one attached hydrogen (secondary N) is 1. The Morgan fingerprint density at radius 3 is 2.22 bits per heavy atom. The number of methoxy groups -OCH3 is 1. The molecule has 0 bridgehead atoms. The fraction of sp³-hybridized carbons (Fsp3) is 0.136. The van der Waals surface area contributed by atoms with Crippen LogP contribution in [0, 0.1) is 0 Å². The molecule has 0 saturated carbocycles. The second kappa shape index (κ2) is 10.6. The first-order valence-electron chi connectivity index (χ1n) is 9.33. The molecule has 1 N–H and O–H groups in total. The van der Waals surface area contributed by atoms with Gasteiger partial charge in [-0.2, -0.15) is 4.31 Å². The zero-order valence-corrected chi connectivity index (χ0v) is 20.0. The van der Waals surface area contributed by atoms with Crippen LogP contribution in [0.25, 0.3) is 0 Å². The Morgan fingerprint density at radius 2 is 1.59 bits per heavy atom. The largest absolute Gasteiger partial charge is 0.497 e. The average molecular weight is 514 g/mol. The SMILES string of the molecule is COc1cccc(NC(=O)CN(Cc2c(Cl)cccc2Cl)S(=O)(=O)c2ccc(Cl)cc2)c1. The van der Waals surface area contributed by atoms with E-state index in [4.69, 9.17) is 39.5 Å². The Labute approximate surface area is 201 Å². The molecule has 6 nitrogen and oxygen atoms in total. The van der Waals surface area contributed by atoms with E-state index in [0.29, 0.717) is 32.1 Å². The number of halogens is 3. The zero-order valence-electron chi connectivity index (χ0n) is 16.9. The van der Waals surface area contributed by atoms with Gasteiger partial charge in [-0.1, -0.05) is 46.9 Å². The van der Waals surface area contributed by atoms with Crippen LogP contribution in [0.15, 0.2) is 71.6 Å². The van der Waals surface area contributed by atoms with Gasteiger partial charge < -0.3 is 10.1 Å². The molecule has 10 heteroatoms. The van der Waals surface area contributed by atoms with Gasteiger partial charge in [0.1, 0.15) is 5.75 Å². The molecular weight excluding hydrogens is 495 g/mol. The summed E-state index contributed by atoms with van der Waals surface area (Å²) in [5, 5.41) is 3.66. The first kappa shape index (κ1) is 24.4. The van der Waals surface area contributed by atoms with Gasteiger partial charge in [0.2, 0.25) is 15.9 Å². The Morgan fingerprint density at radius 1 is 0.969 bits per heavy atom. The highest BCUT2D eigenvalue weighted by molar-refractivity contribution is 7.89. The Bertz CT molecular complexity index is 1200. The summed E-state index contributed by atoms with van der Waals surface area (Å²) in [6.07, 6.45) is 0. The van der Waals surface area contributed by atoms with Crippen molar-refractivity contribution in [2.75, 3.05) is 19.0 Å². The van der Waals surface area contributed by atoms with Gasteiger partial charge in [-0.25, -0.2) is 8.42 Å². The summed E-state index contributed by atoms with van der Waals surface area (Å²) < 4.78 is 32.9. The molecule has 0 aliphatic carbocycles. The number of rotatable bonds is 8. The molecule has 0 atom stereocenters. The number of sulfonamides is 1. The lowest BCUT2D eigenvalue weighted by atomic mass is 10.2. The molecule has 3 aromatic rings. The number of nitrogens with zero attached hydrogens (tertiary/aromatic N) is 1. The summed E-state index contributed by atoms with van der Waals surface area (Å²) in [5.41, 5.74) is 0.858. The lowest BCUT2D eigenvalue weighted by Gasteiger charge is -2.23. The van der Waals surface area contributed by atoms with Crippen LogP contribution in [0.1, 0.15) is 5.56 Å². The van der Waals surface area contributed by atoms with Crippen molar-refractivity contribution in [1.82, 2.24) is 4.31 Å². The van der Waals surface area contributed by atoms with Crippen LogP contribution in [0.3, 0.4) is 0 Å². The normalized spacial score (nSPS) is 11.4. The highest BCUT2D eigenvalue weighted by Crippen LogP contribution is 2.28. The van der Waals surface area contributed by atoms with Gasteiger partial charge in [0.15, 0.2) is 0 Å². The van der Waals surface area contributed by atoms with E-state index in [2.05, 4.69) is 5.32 Å². The third kappa shape index (κ3) is 5.94. The van der Waals surface area contributed by atoms with Crippen molar-refractivity contribution in [3.05, 3.63) is 87.4 Å². The van der Waals surface area contributed by atoms with E-state index >= 15 is 0 Å². The van der Waals surface area contributed by atoms with Crippen LogP contribution in [0.4, 0.5) is 5.69 Å². The predicted octanol–water partition coefficient (Wildman–Crippen LogP) is 5.49. The minimum absolute atomic E-state index is 0.0146. The molecule has 0 spiro atoms. The summed E-state index contributed by atoms with van der Waals surface area (Å²) in [4.78, 5) is 12.8. The van der Waals surface area contributed by atoms with Crippen molar-refractivity contribution in [1.29, 1.82) is 0 Å². The molecule has 0 saturated heterocycles. The number of hydrogen-bond donors (Lipinski definition) is 1. The number of ether oxygens (including phenoxy) is 1. The summed E-state index contributed by atoms with van der Waals surface area (Å²) in [6.45, 7) is -0.668. The minimum Gasteiger partial charge on any atom is -0.497 e. The molecular formula is C22H19Cl3N2O4S. The maximum absolute atomic E-state index is 13.4. The van der Waals surface area contributed by atoms with Crippen molar-refractivity contribution < 1.29 is 17.9 Å². The molecule has 1 amide bonds. The number of carbonyl (C=O) groups is 1. The summed E-state index contributed by atoms with van der Waals surface area (Å²) in [5.74, 6) is 0.00950. The molecule has 32 heavy (non-hydrogen) atoms. The third-order valence-electron chi connectivity index (χ3n) is 4.52.